The van der Waals surface area contributed by atoms with Gasteiger partial charge in [0, 0.05) is 22.2 Å². The number of nitrogens with zero attached hydrogens (tertiary/aromatic N) is 1. The lowest BCUT2D eigenvalue weighted by Crippen LogP contribution is -2.49. The van der Waals surface area contributed by atoms with E-state index < -0.39 is 23.8 Å². The summed E-state index contributed by atoms with van der Waals surface area (Å²) >= 11 is 1.39. The first-order valence-electron chi connectivity index (χ1n) is 10.4. The van der Waals surface area contributed by atoms with Crippen molar-refractivity contribution in [1.82, 2.24) is 15.5 Å². The predicted octanol–water partition coefficient (Wildman–Crippen LogP) is 0.328. The molecule has 5 N–H and O–H groups in total. The van der Waals surface area contributed by atoms with Crippen molar-refractivity contribution in [3.63, 3.8) is 0 Å². The number of carbonyl (C=O) groups is 3. The van der Waals surface area contributed by atoms with Crippen molar-refractivity contribution in [2.75, 3.05) is 26.3 Å². The molecule has 11 heteroatoms. The molecule has 2 aromatic rings. The molecule has 10 nitrogen and oxygen atoms in total. The highest BCUT2D eigenvalue weighted by Gasteiger charge is 2.52. The minimum atomic E-state index is -1.02. The Hall–Kier alpha value is -3.28. The second kappa shape index (κ2) is 9.69. The zero-order valence-electron chi connectivity index (χ0n) is 17.8. The summed E-state index contributed by atoms with van der Waals surface area (Å²) in [4.78, 5) is 39.1. The SMILES string of the molecule is N=C(N)c1csc(C(NC(=O)C2CC3(CN2C(=O)CNC=O)OCCO3)c2ccccc2)c1. The Morgan fingerprint density at radius 3 is 2.67 bits per heavy atom. The second-order valence-electron chi connectivity index (χ2n) is 7.85. The maximum absolute atomic E-state index is 13.5. The van der Waals surface area contributed by atoms with Crippen LogP contribution in [-0.4, -0.2) is 67.1 Å². The first kappa shape index (κ1) is 22.9. The highest BCUT2D eigenvalue weighted by Crippen LogP contribution is 2.36. The quantitative estimate of drug-likeness (QED) is 0.248. The summed E-state index contributed by atoms with van der Waals surface area (Å²) in [7, 11) is 0. The molecule has 3 amide bonds. The van der Waals surface area contributed by atoms with Gasteiger partial charge in [-0.15, -0.1) is 11.3 Å². The number of nitrogens with one attached hydrogen (secondary N) is 3. The van der Waals surface area contributed by atoms with Gasteiger partial charge in [0.2, 0.25) is 18.2 Å². The van der Waals surface area contributed by atoms with E-state index in [0.717, 1.165) is 10.4 Å². The van der Waals surface area contributed by atoms with E-state index in [2.05, 4.69) is 10.6 Å². The van der Waals surface area contributed by atoms with Gasteiger partial charge in [0.15, 0.2) is 5.79 Å². The fourth-order valence-electron chi connectivity index (χ4n) is 4.12. The number of hydrogen-bond acceptors (Lipinski definition) is 7. The average molecular weight is 472 g/mol. The Morgan fingerprint density at radius 1 is 1.30 bits per heavy atom. The van der Waals surface area contributed by atoms with Gasteiger partial charge >= 0.3 is 0 Å². The van der Waals surface area contributed by atoms with Crippen LogP contribution in [0.15, 0.2) is 41.8 Å². The number of amides is 3. The average Bonchev–Trinajstić information content (AvgIpc) is 3.57. The van der Waals surface area contributed by atoms with Crippen molar-refractivity contribution in [2.24, 2.45) is 5.73 Å². The Kier molecular flexibility index (Phi) is 6.72. The van der Waals surface area contributed by atoms with Crippen LogP contribution in [0.5, 0.6) is 0 Å². The Balaban J connectivity index is 1.60. The molecule has 33 heavy (non-hydrogen) atoms. The minimum absolute atomic E-state index is 0.0525. The van der Waals surface area contributed by atoms with Crippen LogP contribution >= 0.6 is 11.3 Å². The van der Waals surface area contributed by atoms with E-state index in [0.29, 0.717) is 25.2 Å². The largest absolute Gasteiger partial charge is 0.384 e. The lowest BCUT2D eigenvalue weighted by atomic mass is 10.0. The highest BCUT2D eigenvalue weighted by atomic mass is 32.1. The summed E-state index contributed by atoms with van der Waals surface area (Å²) in [5.41, 5.74) is 7.05. The van der Waals surface area contributed by atoms with Gasteiger partial charge in [-0.1, -0.05) is 30.3 Å². The predicted molar refractivity (Wildman–Crippen MR) is 121 cm³/mol. The molecule has 2 atom stereocenters. The molecule has 2 saturated heterocycles. The van der Waals surface area contributed by atoms with Crippen molar-refractivity contribution in [2.45, 2.75) is 24.3 Å². The Morgan fingerprint density at radius 2 is 2.03 bits per heavy atom. The number of nitrogens with two attached hydrogens (primary N) is 1. The normalized spacial score (nSPS) is 19.9. The van der Waals surface area contributed by atoms with E-state index in [-0.39, 0.29) is 31.3 Å². The third-order valence-corrected chi connectivity index (χ3v) is 6.70. The summed E-state index contributed by atoms with van der Waals surface area (Å²) in [5.74, 6) is -1.84. The molecule has 4 rings (SSSR count). The molecule has 0 radical (unpaired) electrons. The molecular formula is C22H25N5O5S. The number of benzene rings is 1. The minimum Gasteiger partial charge on any atom is -0.384 e. The van der Waals surface area contributed by atoms with Gasteiger partial charge in [0.1, 0.15) is 11.9 Å². The van der Waals surface area contributed by atoms with Crippen molar-refractivity contribution in [1.29, 1.82) is 5.41 Å². The second-order valence-corrected chi connectivity index (χ2v) is 8.79. The Bertz CT molecular complexity index is 1040. The van der Waals surface area contributed by atoms with E-state index in [4.69, 9.17) is 20.6 Å². The fraction of sp³-hybridized carbons (Fsp3) is 0.364. The molecule has 2 unspecified atom stereocenters. The molecule has 2 fully saturated rings. The molecule has 174 valence electrons. The number of likely N-dealkylation sites (tertiary alicyclic amines) is 1. The number of nitrogen functional groups attached to an aromatic ring is 1. The monoisotopic (exact) mass is 471 g/mol. The number of ether oxygens (including phenoxy) is 2. The van der Waals surface area contributed by atoms with Crippen LogP contribution in [0.4, 0.5) is 0 Å². The summed E-state index contributed by atoms with van der Waals surface area (Å²) in [6, 6.07) is 9.88. The van der Waals surface area contributed by atoms with Crippen LogP contribution in [0.3, 0.4) is 0 Å². The number of carbonyl (C=O) groups excluding carboxylic acids is 3. The molecule has 0 aliphatic carbocycles. The zero-order chi connectivity index (χ0) is 23.4. The van der Waals surface area contributed by atoms with Crippen LogP contribution in [0, 0.1) is 5.41 Å². The zero-order valence-corrected chi connectivity index (χ0v) is 18.6. The van der Waals surface area contributed by atoms with E-state index in [1.54, 1.807) is 11.4 Å². The molecule has 0 bridgehead atoms. The molecule has 2 aliphatic heterocycles. The molecule has 1 aromatic heterocycles. The molecule has 0 saturated carbocycles. The van der Waals surface area contributed by atoms with Crippen molar-refractivity contribution >= 4 is 35.4 Å². The van der Waals surface area contributed by atoms with E-state index >= 15 is 0 Å². The lowest BCUT2D eigenvalue weighted by Gasteiger charge is -2.26. The van der Waals surface area contributed by atoms with Crippen molar-refractivity contribution in [3.8, 4) is 0 Å². The first-order chi connectivity index (χ1) is 15.9. The van der Waals surface area contributed by atoms with Gasteiger partial charge < -0.3 is 30.7 Å². The molecule has 1 spiro atoms. The van der Waals surface area contributed by atoms with E-state index in [9.17, 15) is 14.4 Å². The number of hydrogen-bond donors (Lipinski definition) is 4. The van der Waals surface area contributed by atoms with Gasteiger partial charge in [-0.2, -0.15) is 0 Å². The van der Waals surface area contributed by atoms with Crippen molar-refractivity contribution < 1.29 is 23.9 Å². The molecular weight excluding hydrogens is 446 g/mol. The van der Waals surface area contributed by atoms with Gasteiger partial charge in [-0.3, -0.25) is 19.8 Å². The molecule has 3 heterocycles. The highest BCUT2D eigenvalue weighted by molar-refractivity contribution is 7.10. The van der Waals surface area contributed by atoms with E-state index in [1.807, 2.05) is 30.3 Å². The maximum Gasteiger partial charge on any atom is 0.243 e. The third-order valence-electron chi connectivity index (χ3n) is 5.70. The van der Waals surface area contributed by atoms with Crippen LogP contribution in [0.25, 0.3) is 0 Å². The van der Waals surface area contributed by atoms with Crippen LogP contribution in [-0.2, 0) is 23.9 Å². The number of amidine groups is 1. The molecule has 2 aliphatic rings. The first-order valence-corrected chi connectivity index (χ1v) is 11.3. The van der Waals surface area contributed by atoms with Crippen LogP contribution in [0.1, 0.15) is 28.5 Å². The van der Waals surface area contributed by atoms with Crippen LogP contribution < -0.4 is 16.4 Å². The standard InChI is InChI=1S/C22H25N5O5S/c23-20(24)15-8-17(33-11-15)19(14-4-2-1-3-5-14)26-21(30)16-9-22(31-6-7-32-22)12-27(16)18(29)10-25-13-28/h1-5,8,11,13,16,19H,6-7,9-10,12H2,(H3,23,24)(H,25,28)(H,26,30). The van der Waals surface area contributed by atoms with Crippen LogP contribution in [0.2, 0.25) is 0 Å². The smallest absolute Gasteiger partial charge is 0.243 e. The number of rotatable bonds is 8. The third kappa shape index (κ3) is 4.90. The summed E-state index contributed by atoms with van der Waals surface area (Å²) in [6.07, 6.45) is 0.631. The summed E-state index contributed by atoms with van der Waals surface area (Å²) in [5, 5.41) is 14.9. The van der Waals surface area contributed by atoms with Crippen molar-refractivity contribution in [3.05, 3.63) is 57.8 Å². The Labute approximate surface area is 194 Å². The van der Waals surface area contributed by atoms with Gasteiger partial charge in [-0.05, 0) is 11.6 Å². The summed E-state index contributed by atoms with van der Waals surface area (Å²) in [6.45, 7) is 0.656. The fourth-order valence-corrected chi connectivity index (χ4v) is 5.10. The van der Waals surface area contributed by atoms with E-state index in [1.165, 1.54) is 16.2 Å². The number of thiophene rings is 1. The van der Waals surface area contributed by atoms with Gasteiger partial charge in [0.05, 0.1) is 32.3 Å². The van der Waals surface area contributed by atoms with Gasteiger partial charge in [0.25, 0.3) is 0 Å². The van der Waals surface area contributed by atoms with Gasteiger partial charge in [-0.25, -0.2) is 0 Å². The maximum atomic E-state index is 13.5. The molecule has 1 aromatic carbocycles. The topological polar surface area (TPSA) is 147 Å². The summed E-state index contributed by atoms with van der Waals surface area (Å²) < 4.78 is 11.5. The lowest BCUT2D eigenvalue weighted by molar-refractivity contribution is -0.152.